The number of halogens is 1. The molecule has 112 valence electrons. The Bertz CT molecular complexity index is 744. The van der Waals surface area contributed by atoms with Crippen LogP contribution < -0.4 is 15.0 Å². The van der Waals surface area contributed by atoms with Crippen LogP contribution in [0.1, 0.15) is 5.56 Å². The topological polar surface area (TPSA) is 58.6 Å². The summed E-state index contributed by atoms with van der Waals surface area (Å²) >= 11 is 0. The Kier molecular flexibility index (Phi) is 3.50. The largest absolute Gasteiger partial charge is 0.497 e. The fourth-order valence-corrected chi connectivity index (χ4v) is 2.37. The average molecular weight is 300 g/mol. The summed E-state index contributed by atoms with van der Waals surface area (Å²) in [5.41, 5.74) is 1.46. The molecule has 2 aromatic carbocycles. The number of ether oxygens (including phenoxy) is 1. The van der Waals surface area contributed by atoms with E-state index in [1.54, 1.807) is 31.4 Å². The molecule has 0 bridgehead atoms. The lowest BCUT2D eigenvalue weighted by Gasteiger charge is -2.16. The van der Waals surface area contributed by atoms with Gasteiger partial charge in [0.25, 0.3) is 0 Å². The minimum Gasteiger partial charge on any atom is -0.497 e. The molecule has 0 unspecified atom stereocenters. The summed E-state index contributed by atoms with van der Waals surface area (Å²) in [6, 6.07) is 10.1. The van der Waals surface area contributed by atoms with Gasteiger partial charge < -0.3 is 10.1 Å². The maximum Gasteiger partial charge on any atom is 0.333 e. The molecular formula is C16H13FN2O3. The molecule has 1 aliphatic heterocycles. The van der Waals surface area contributed by atoms with Gasteiger partial charge in [0.15, 0.2) is 0 Å². The van der Waals surface area contributed by atoms with E-state index in [1.165, 1.54) is 18.2 Å². The number of anilines is 2. The highest BCUT2D eigenvalue weighted by Crippen LogP contribution is 2.30. The highest BCUT2D eigenvalue weighted by molar-refractivity contribution is 6.22. The van der Waals surface area contributed by atoms with Gasteiger partial charge in [-0.05, 0) is 48.0 Å². The lowest BCUT2D eigenvalue weighted by Crippen LogP contribution is -2.37. The second kappa shape index (κ2) is 5.48. The summed E-state index contributed by atoms with van der Waals surface area (Å²) < 4.78 is 18.2. The molecule has 5 nitrogen and oxygen atoms in total. The van der Waals surface area contributed by atoms with Crippen LogP contribution in [0.2, 0.25) is 0 Å². The number of fused-ring (bicyclic) bond motifs is 1. The number of hydrogen-bond acceptors (Lipinski definition) is 3. The van der Waals surface area contributed by atoms with Gasteiger partial charge in [0.2, 0.25) is 5.91 Å². The molecule has 0 saturated carbocycles. The zero-order valence-electron chi connectivity index (χ0n) is 11.8. The third-order valence-corrected chi connectivity index (χ3v) is 3.42. The van der Waals surface area contributed by atoms with Crippen LogP contribution in [0.5, 0.6) is 5.75 Å². The van der Waals surface area contributed by atoms with Gasteiger partial charge in [-0.25, -0.2) is 14.1 Å². The van der Waals surface area contributed by atoms with E-state index in [4.69, 9.17) is 4.74 Å². The molecule has 6 heteroatoms. The van der Waals surface area contributed by atoms with Crippen molar-refractivity contribution in [2.75, 3.05) is 17.3 Å². The van der Waals surface area contributed by atoms with Crippen molar-refractivity contribution in [3.05, 3.63) is 53.8 Å². The minimum absolute atomic E-state index is 0.0170. The van der Waals surface area contributed by atoms with E-state index >= 15 is 0 Å². The molecule has 1 N–H and O–H groups in total. The van der Waals surface area contributed by atoms with E-state index in [-0.39, 0.29) is 12.3 Å². The zero-order valence-corrected chi connectivity index (χ0v) is 11.8. The lowest BCUT2D eigenvalue weighted by molar-refractivity contribution is -0.116. The Hall–Kier alpha value is -2.89. The first kappa shape index (κ1) is 14.1. The molecule has 3 rings (SSSR count). The molecule has 22 heavy (non-hydrogen) atoms. The van der Waals surface area contributed by atoms with Crippen LogP contribution in [-0.4, -0.2) is 19.0 Å². The number of hydrogen-bond donors (Lipinski definition) is 1. The second-order valence-corrected chi connectivity index (χ2v) is 4.84. The van der Waals surface area contributed by atoms with E-state index in [1.807, 2.05) is 0 Å². The highest BCUT2D eigenvalue weighted by atomic mass is 19.1. The van der Waals surface area contributed by atoms with Gasteiger partial charge in [0, 0.05) is 5.69 Å². The van der Waals surface area contributed by atoms with Gasteiger partial charge in [0.05, 0.1) is 19.2 Å². The average Bonchev–Trinajstić information content (AvgIpc) is 2.83. The van der Waals surface area contributed by atoms with E-state index in [0.29, 0.717) is 22.7 Å². The summed E-state index contributed by atoms with van der Waals surface area (Å²) in [5.74, 6) is -0.147. The molecule has 2 aromatic rings. The molecule has 0 aliphatic carbocycles. The number of nitrogens with zero attached hydrogens (tertiary/aromatic N) is 1. The number of amides is 3. The number of carbonyl (C=O) groups excluding carboxylic acids is 2. The van der Waals surface area contributed by atoms with Crippen LogP contribution in [0.4, 0.5) is 20.6 Å². The van der Waals surface area contributed by atoms with Crippen molar-refractivity contribution in [1.29, 1.82) is 0 Å². The van der Waals surface area contributed by atoms with Crippen LogP contribution in [0.3, 0.4) is 0 Å². The number of carbonyl (C=O) groups is 2. The summed E-state index contributed by atoms with van der Waals surface area (Å²) in [4.78, 5) is 25.3. The van der Waals surface area contributed by atoms with E-state index < -0.39 is 11.8 Å². The molecule has 1 aliphatic rings. The first-order chi connectivity index (χ1) is 10.6. The SMILES string of the molecule is COc1ccc(NC(=O)N2C(=O)Cc3cc(F)ccc32)cc1. The van der Waals surface area contributed by atoms with Crippen molar-refractivity contribution in [3.63, 3.8) is 0 Å². The Labute approximate surface area is 126 Å². The first-order valence-corrected chi connectivity index (χ1v) is 6.65. The zero-order chi connectivity index (χ0) is 15.7. The van der Waals surface area contributed by atoms with E-state index in [9.17, 15) is 14.0 Å². The molecule has 0 saturated heterocycles. The van der Waals surface area contributed by atoms with Gasteiger partial charge >= 0.3 is 6.03 Å². The van der Waals surface area contributed by atoms with Crippen molar-refractivity contribution in [2.45, 2.75) is 6.42 Å². The van der Waals surface area contributed by atoms with Gasteiger partial charge in [0.1, 0.15) is 11.6 Å². The maximum absolute atomic E-state index is 13.2. The fraction of sp³-hybridized carbons (Fsp3) is 0.125. The van der Waals surface area contributed by atoms with Crippen molar-refractivity contribution in [2.24, 2.45) is 0 Å². The summed E-state index contributed by atoms with van der Waals surface area (Å²) in [6.07, 6.45) is 0.0170. The fourth-order valence-electron chi connectivity index (χ4n) is 2.37. The quantitative estimate of drug-likeness (QED) is 0.927. The lowest BCUT2D eigenvalue weighted by atomic mass is 10.1. The monoisotopic (exact) mass is 300 g/mol. The van der Waals surface area contributed by atoms with Crippen LogP contribution in [0, 0.1) is 5.82 Å². The van der Waals surface area contributed by atoms with Crippen molar-refractivity contribution in [1.82, 2.24) is 0 Å². The maximum atomic E-state index is 13.2. The predicted octanol–water partition coefficient (Wildman–Crippen LogP) is 2.96. The van der Waals surface area contributed by atoms with Crippen molar-refractivity contribution >= 4 is 23.3 Å². The molecule has 0 atom stereocenters. The number of urea groups is 1. The van der Waals surface area contributed by atoms with Gasteiger partial charge in [-0.3, -0.25) is 4.79 Å². The van der Waals surface area contributed by atoms with Crippen molar-refractivity contribution in [3.8, 4) is 5.75 Å². The molecule has 1 heterocycles. The number of imide groups is 1. The first-order valence-electron chi connectivity index (χ1n) is 6.65. The third-order valence-electron chi connectivity index (χ3n) is 3.42. The van der Waals surface area contributed by atoms with Gasteiger partial charge in [-0.15, -0.1) is 0 Å². The normalized spacial score (nSPS) is 13.0. The van der Waals surface area contributed by atoms with E-state index in [0.717, 1.165) is 4.90 Å². The van der Waals surface area contributed by atoms with Crippen molar-refractivity contribution < 1.29 is 18.7 Å². The number of nitrogens with one attached hydrogen (secondary N) is 1. The van der Waals surface area contributed by atoms with Gasteiger partial charge in [-0.2, -0.15) is 0 Å². The predicted molar refractivity (Wildman–Crippen MR) is 79.6 cm³/mol. The summed E-state index contributed by atoms with van der Waals surface area (Å²) in [7, 11) is 1.55. The Morgan fingerprint density at radius 3 is 2.64 bits per heavy atom. The van der Waals surface area contributed by atoms with Crippen LogP contribution in [-0.2, 0) is 11.2 Å². The Morgan fingerprint density at radius 1 is 1.23 bits per heavy atom. The van der Waals surface area contributed by atoms with Crippen LogP contribution in [0.15, 0.2) is 42.5 Å². The number of methoxy groups -OCH3 is 1. The third kappa shape index (κ3) is 2.50. The number of benzene rings is 2. The minimum atomic E-state index is -0.569. The smallest absolute Gasteiger partial charge is 0.333 e. The summed E-state index contributed by atoms with van der Waals surface area (Å²) in [6.45, 7) is 0. The highest BCUT2D eigenvalue weighted by Gasteiger charge is 2.32. The summed E-state index contributed by atoms with van der Waals surface area (Å²) in [5, 5.41) is 2.64. The van der Waals surface area contributed by atoms with E-state index in [2.05, 4.69) is 5.32 Å². The van der Waals surface area contributed by atoms with Crippen LogP contribution >= 0.6 is 0 Å². The number of rotatable bonds is 2. The molecule has 0 fully saturated rings. The second-order valence-electron chi connectivity index (χ2n) is 4.84. The molecular weight excluding hydrogens is 287 g/mol. The Balaban J connectivity index is 1.82. The standard InChI is InChI=1S/C16H13FN2O3/c1-22-13-5-3-12(4-6-13)18-16(21)19-14-7-2-11(17)8-10(14)9-15(19)20/h2-8H,9H2,1H3,(H,18,21). The van der Waals surface area contributed by atoms with Gasteiger partial charge in [-0.1, -0.05) is 0 Å². The molecule has 3 amide bonds. The Morgan fingerprint density at radius 2 is 1.95 bits per heavy atom. The van der Waals surface area contributed by atoms with Crippen LogP contribution in [0.25, 0.3) is 0 Å². The molecule has 0 aromatic heterocycles. The molecule has 0 spiro atoms. The molecule has 0 radical (unpaired) electrons.